The molecule has 0 saturated carbocycles. The zero-order valence-electron chi connectivity index (χ0n) is 18.5. The van der Waals surface area contributed by atoms with Gasteiger partial charge in [0, 0.05) is 66.3 Å². The zero-order chi connectivity index (χ0) is 21.9. The molecule has 2 aromatic heterocycles. The number of piperazine rings is 1. The third-order valence-corrected chi connectivity index (χ3v) is 6.79. The monoisotopic (exact) mass is 444 g/mol. The van der Waals surface area contributed by atoms with Crippen molar-refractivity contribution in [3.63, 3.8) is 0 Å². The summed E-state index contributed by atoms with van der Waals surface area (Å²) in [7, 11) is 0. The summed E-state index contributed by atoms with van der Waals surface area (Å²) in [6, 6.07) is 17.8. The molecule has 2 aromatic carbocycles. The number of rotatable bonds is 6. The largest absolute Gasteiger partial charge is 0.366 e. The molecule has 0 bridgehead atoms. The van der Waals surface area contributed by atoms with Gasteiger partial charge >= 0.3 is 0 Å². The highest BCUT2D eigenvalue weighted by molar-refractivity contribution is 7.97. The van der Waals surface area contributed by atoms with Crippen LogP contribution < -0.4 is 14.9 Å². The summed E-state index contributed by atoms with van der Waals surface area (Å²) in [4.78, 5) is 8.41. The second kappa shape index (κ2) is 9.32. The maximum absolute atomic E-state index is 4.77. The highest BCUT2D eigenvalue weighted by Crippen LogP contribution is 2.29. The fourth-order valence-electron chi connectivity index (χ4n) is 4.18. The molecule has 0 aliphatic carbocycles. The van der Waals surface area contributed by atoms with Crippen molar-refractivity contribution in [1.29, 1.82) is 0 Å². The minimum absolute atomic E-state index is 0.504. The van der Waals surface area contributed by atoms with Gasteiger partial charge in [0.15, 0.2) is 5.65 Å². The summed E-state index contributed by atoms with van der Waals surface area (Å²) in [6.07, 6.45) is 5.91. The molecule has 6 nitrogen and oxygen atoms in total. The molecular weight excluding hydrogens is 416 g/mol. The molecule has 2 N–H and O–H groups in total. The van der Waals surface area contributed by atoms with Gasteiger partial charge in [0.2, 0.25) is 0 Å². The molecular formula is C25H28N6S. The molecule has 1 atom stereocenters. The van der Waals surface area contributed by atoms with Crippen molar-refractivity contribution in [2.45, 2.75) is 24.8 Å². The maximum Gasteiger partial charge on any atom is 0.162 e. The minimum Gasteiger partial charge on any atom is -0.366 e. The van der Waals surface area contributed by atoms with E-state index in [4.69, 9.17) is 4.98 Å². The molecule has 0 radical (unpaired) electrons. The molecule has 164 valence electrons. The Balaban J connectivity index is 1.40. The smallest absolute Gasteiger partial charge is 0.162 e. The predicted molar refractivity (Wildman–Crippen MR) is 133 cm³/mol. The molecule has 0 unspecified atom stereocenters. The Morgan fingerprint density at radius 1 is 1.09 bits per heavy atom. The van der Waals surface area contributed by atoms with Crippen molar-refractivity contribution in [2.24, 2.45) is 0 Å². The Kier molecular flexibility index (Phi) is 6.12. The van der Waals surface area contributed by atoms with Crippen LogP contribution in [0.15, 0.2) is 72.0 Å². The number of nitrogens with zero attached hydrogens (tertiary/aromatic N) is 4. The third-order valence-electron chi connectivity index (χ3n) is 5.87. The summed E-state index contributed by atoms with van der Waals surface area (Å²) in [5, 5.41) is 8.04. The molecule has 1 aliphatic rings. The number of aromatic nitrogens is 3. The van der Waals surface area contributed by atoms with Crippen LogP contribution in [0.3, 0.4) is 0 Å². The first-order chi connectivity index (χ1) is 15.7. The second-order valence-electron chi connectivity index (χ2n) is 8.09. The number of hydrogen-bond donors (Lipinski definition) is 2. The van der Waals surface area contributed by atoms with Crippen molar-refractivity contribution >= 4 is 23.3 Å². The summed E-state index contributed by atoms with van der Waals surface area (Å²) in [5.41, 5.74) is 6.51. The topological polar surface area (TPSA) is 57.5 Å². The van der Waals surface area contributed by atoms with Gasteiger partial charge in [-0.25, -0.2) is 9.50 Å². The lowest BCUT2D eigenvalue weighted by Crippen LogP contribution is -2.49. The van der Waals surface area contributed by atoms with E-state index in [1.165, 1.54) is 10.6 Å². The van der Waals surface area contributed by atoms with Gasteiger partial charge in [0.05, 0.1) is 6.20 Å². The highest BCUT2D eigenvalue weighted by Gasteiger charge is 2.18. The molecule has 7 heteroatoms. The van der Waals surface area contributed by atoms with Gasteiger partial charge in [-0.1, -0.05) is 31.2 Å². The Morgan fingerprint density at radius 2 is 1.97 bits per heavy atom. The van der Waals surface area contributed by atoms with E-state index in [0.29, 0.717) is 6.04 Å². The molecule has 5 rings (SSSR count). The van der Waals surface area contributed by atoms with Crippen LogP contribution >= 0.6 is 11.9 Å². The lowest BCUT2D eigenvalue weighted by atomic mass is 10.1. The fraction of sp³-hybridized carbons (Fsp3) is 0.280. The Hall–Kier alpha value is -2.87. The molecule has 1 aliphatic heterocycles. The van der Waals surface area contributed by atoms with Crippen LogP contribution in [-0.4, -0.2) is 46.8 Å². The maximum atomic E-state index is 4.77. The average Bonchev–Trinajstić information content (AvgIpc) is 3.27. The van der Waals surface area contributed by atoms with Gasteiger partial charge in [0.25, 0.3) is 0 Å². The molecule has 0 amide bonds. The van der Waals surface area contributed by atoms with Gasteiger partial charge in [0.1, 0.15) is 0 Å². The van der Waals surface area contributed by atoms with Crippen LogP contribution in [0.1, 0.15) is 13.8 Å². The second-order valence-corrected chi connectivity index (χ2v) is 9.05. The van der Waals surface area contributed by atoms with Gasteiger partial charge in [-0.05, 0) is 54.3 Å². The van der Waals surface area contributed by atoms with Crippen LogP contribution in [0, 0.1) is 0 Å². The first kappa shape index (κ1) is 21.0. The van der Waals surface area contributed by atoms with Crippen LogP contribution in [0.25, 0.3) is 27.9 Å². The number of nitrogens with one attached hydrogen (secondary N) is 2. The van der Waals surface area contributed by atoms with Crippen LogP contribution in [-0.2, 0) is 0 Å². The Morgan fingerprint density at radius 3 is 2.78 bits per heavy atom. The quantitative estimate of drug-likeness (QED) is 0.428. The molecule has 4 aromatic rings. The van der Waals surface area contributed by atoms with Crippen LogP contribution in [0.5, 0.6) is 0 Å². The van der Waals surface area contributed by atoms with E-state index in [1.807, 2.05) is 16.9 Å². The Bertz CT molecular complexity index is 1200. The zero-order valence-corrected chi connectivity index (χ0v) is 19.3. The van der Waals surface area contributed by atoms with Crippen LogP contribution in [0.4, 0.5) is 5.69 Å². The van der Waals surface area contributed by atoms with E-state index in [0.717, 1.165) is 54.1 Å². The van der Waals surface area contributed by atoms with E-state index >= 15 is 0 Å². The number of benzene rings is 2. The molecule has 1 saturated heterocycles. The number of fused-ring (bicyclic) bond motifs is 1. The average molecular weight is 445 g/mol. The molecule has 3 heterocycles. The number of anilines is 1. The molecule has 1 fully saturated rings. The standard InChI is InChI=1S/C25H28N6S/c1-3-29-32-23-6-4-5-20(13-23)24-16-28-31-17-21(15-27-25(24)31)19-7-9-22(10-8-19)30-12-11-26-14-18(30)2/h4-10,13,15-18,26,29H,3,11-12,14H2,1-2H3/t18-/m0/s1. The lowest BCUT2D eigenvalue weighted by Gasteiger charge is -2.36. The molecule has 0 spiro atoms. The van der Waals surface area contributed by atoms with E-state index in [-0.39, 0.29) is 0 Å². The third kappa shape index (κ3) is 4.24. The van der Waals surface area contributed by atoms with E-state index in [2.05, 4.69) is 88.6 Å². The first-order valence-electron chi connectivity index (χ1n) is 11.1. The minimum atomic E-state index is 0.504. The van der Waals surface area contributed by atoms with E-state index < -0.39 is 0 Å². The van der Waals surface area contributed by atoms with E-state index in [1.54, 1.807) is 11.9 Å². The van der Waals surface area contributed by atoms with Gasteiger partial charge in [-0.15, -0.1) is 0 Å². The van der Waals surface area contributed by atoms with Crippen molar-refractivity contribution in [2.75, 3.05) is 31.1 Å². The SMILES string of the molecule is CCNSc1cccc(-c2cnn3cc(-c4ccc(N5CCNC[C@@H]5C)cc4)cnc23)c1. The van der Waals surface area contributed by atoms with Crippen molar-refractivity contribution in [1.82, 2.24) is 24.6 Å². The highest BCUT2D eigenvalue weighted by atomic mass is 32.2. The van der Waals surface area contributed by atoms with Gasteiger partial charge in [-0.2, -0.15) is 5.10 Å². The van der Waals surface area contributed by atoms with Crippen molar-refractivity contribution in [3.05, 3.63) is 67.1 Å². The van der Waals surface area contributed by atoms with Gasteiger partial charge in [-0.3, -0.25) is 4.72 Å². The fourth-order valence-corrected chi connectivity index (χ4v) is 4.82. The summed E-state index contributed by atoms with van der Waals surface area (Å²) in [6.45, 7) is 8.39. The van der Waals surface area contributed by atoms with E-state index in [9.17, 15) is 0 Å². The predicted octanol–water partition coefficient (Wildman–Crippen LogP) is 4.48. The number of hydrogen-bond acceptors (Lipinski definition) is 6. The van der Waals surface area contributed by atoms with Gasteiger partial charge < -0.3 is 10.2 Å². The first-order valence-corrected chi connectivity index (χ1v) is 12.0. The summed E-state index contributed by atoms with van der Waals surface area (Å²) in [5.74, 6) is 0. The lowest BCUT2D eigenvalue weighted by molar-refractivity contribution is 0.501. The van der Waals surface area contributed by atoms with Crippen LogP contribution in [0.2, 0.25) is 0 Å². The van der Waals surface area contributed by atoms with Crippen molar-refractivity contribution in [3.8, 4) is 22.3 Å². The summed E-state index contributed by atoms with van der Waals surface area (Å²) < 4.78 is 5.18. The Labute approximate surface area is 193 Å². The molecule has 32 heavy (non-hydrogen) atoms. The summed E-state index contributed by atoms with van der Waals surface area (Å²) >= 11 is 1.64. The van der Waals surface area contributed by atoms with Crippen molar-refractivity contribution < 1.29 is 0 Å². The normalized spacial score (nSPS) is 16.6.